The van der Waals surface area contributed by atoms with E-state index in [-0.39, 0.29) is 0 Å². The zero-order valence-corrected chi connectivity index (χ0v) is 33.8. The molecule has 0 aromatic heterocycles. The first-order chi connectivity index (χ1) is 22.3. The van der Waals surface area contributed by atoms with Crippen LogP contribution in [0.3, 0.4) is 0 Å². The summed E-state index contributed by atoms with van der Waals surface area (Å²) in [6, 6.07) is 22.4. The molecule has 0 saturated carbocycles. The van der Waals surface area contributed by atoms with Crippen LogP contribution in [0.15, 0.2) is 60.7 Å². The van der Waals surface area contributed by atoms with E-state index in [1.165, 1.54) is 44.8 Å². The fourth-order valence-corrected chi connectivity index (χ4v) is 13.0. The van der Waals surface area contributed by atoms with Crippen LogP contribution in [0, 0.1) is 0 Å². The predicted molar refractivity (Wildman–Crippen MR) is 208 cm³/mol. The summed E-state index contributed by atoms with van der Waals surface area (Å²) in [7, 11) is 15.9. The van der Waals surface area contributed by atoms with Crippen LogP contribution in [-0.4, -0.2) is 40.0 Å². The molecule has 4 rings (SSSR count). The van der Waals surface area contributed by atoms with Crippen molar-refractivity contribution in [1.82, 2.24) is 4.90 Å². The molecule has 6 heteroatoms. The first kappa shape index (κ1) is 38.0. The molecule has 0 atom stereocenters. The molecule has 0 spiro atoms. The molecule has 0 bridgehead atoms. The number of benzene rings is 3. The second-order valence-electron chi connectivity index (χ2n) is 14.3. The van der Waals surface area contributed by atoms with E-state index in [0.717, 1.165) is 49.9 Å². The van der Waals surface area contributed by atoms with Gasteiger partial charge in [0, 0.05) is 0 Å². The van der Waals surface area contributed by atoms with Crippen molar-refractivity contribution in [3.63, 3.8) is 0 Å². The maximum atomic E-state index is 7.97. The van der Waals surface area contributed by atoms with Crippen molar-refractivity contribution < 1.29 is 11.9 Å². The van der Waals surface area contributed by atoms with Crippen molar-refractivity contribution in [2.24, 2.45) is 0 Å². The molecule has 47 heavy (non-hydrogen) atoms. The number of nitrogens with zero attached hydrogens (tertiary/aromatic N) is 3. The molecule has 1 aliphatic heterocycles. The van der Waals surface area contributed by atoms with Gasteiger partial charge in [0.15, 0.2) is 0 Å². The first-order valence-electron chi connectivity index (χ1n) is 17.8. The van der Waals surface area contributed by atoms with Crippen molar-refractivity contribution in [2.75, 3.05) is 36.0 Å². The van der Waals surface area contributed by atoms with E-state index in [0.29, 0.717) is 23.7 Å². The van der Waals surface area contributed by atoms with Gasteiger partial charge in [-0.3, -0.25) is 0 Å². The molecule has 0 aliphatic carbocycles. The van der Waals surface area contributed by atoms with Crippen molar-refractivity contribution in [1.29, 1.82) is 0 Å². The predicted octanol–water partition coefficient (Wildman–Crippen LogP) is 11.5. The Morgan fingerprint density at radius 1 is 0.638 bits per heavy atom. The molecule has 0 unspecified atom stereocenters. The zero-order chi connectivity index (χ0) is 34.5. The Morgan fingerprint density at radius 3 is 1.43 bits per heavy atom. The fourth-order valence-electron chi connectivity index (χ4n) is 6.93. The van der Waals surface area contributed by atoms with Gasteiger partial charge in [0.05, 0.1) is 0 Å². The Morgan fingerprint density at radius 2 is 1.04 bits per heavy atom. The molecule has 260 valence electrons. The minimum absolute atomic E-state index is 0.367. The third-order valence-corrected chi connectivity index (χ3v) is 14.7. The standard InChI is InChI=1S/C27H38N2.C14H21N.2ClH.Ru/c1-18(2)22-11-9-12-23(19(3)4)26(22)28-15-16-29(17-28)27-24(20(5)6)13-10-14-25(27)21(7)8;1-4-10-15(11-5-2)12-14-9-7-6-8-13(14)3;;;/h9-14,18-21H,15-16H2,1-8H3;3,6-9H,4-5,10-12H2,1-2H3;2*1H;/q;;;;+2/p-2. The van der Waals surface area contributed by atoms with E-state index in [2.05, 4.69) is 149 Å². The third kappa shape index (κ3) is 8.67. The summed E-state index contributed by atoms with van der Waals surface area (Å²) in [4.78, 5) is 7.64. The molecule has 1 heterocycles. The molecular weight excluding hydrogens is 706 g/mol. The molecule has 1 aliphatic rings. The van der Waals surface area contributed by atoms with Gasteiger partial charge in [0.2, 0.25) is 0 Å². The number of para-hydroxylation sites is 2. The Balaban J connectivity index is 2.09. The monoisotopic (exact) mass is 765 g/mol. The van der Waals surface area contributed by atoms with E-state index >= 15 is 0 Å². The molecule has 1 fully saturated rings. The van der Waals surface area contributed by atoms with E-state index in [4.69, 9.17) is 19.4 Å². The third-order valence-electron chi connectivity index (χ3n) is 9.18. The van der Waals surface area contributed by atoms with Crippen molar-refractivity contribution >= 4 is 39.7 Å². The fraction of sp³-hybridized carbons (Fsp3) is 0.512. The molecule has 3 aromatic rings. The molecule has 0 N–H and O–H groups in total. The Hall–Kier alpha value is -1.84. The van der Waals surface area contributed by atoms with Gasteiger partial charge in [-0.1, -0.05) is 0 Å². The summed E-state index contributed by atoms with van der Waals surface area (Å²) in [5.74, 6) is 1.47. The van der Waals surface area contributed by atoms with E-state index in [9.17, 15) is 0 Å². The van der Waals surface area contributed by atoms with Crippen LogP contribution in [0.4, 0.5) is 11.4 Å². The van der Waals surface area contributed by atoms with Crippen LogP contribution in [-0.2, 0) is 18.4 Å². The molecule has 0 amide bonds. The van der Waals surface area contributed by atoms with Gasteiger partial charge in [0.1, 0.15) is 0 Å². The van der Waals surface area contributed by atoms with Crippen LogP contribution in [0.2, 0.25) is 0 Å². The molecule has 1 saturated heterocycles. The summed E-state index contributed by atoms with van der Waals surface area (Å²) in [6.07, 6.45) is 2.28. The molecule has 3 aromatic carbocycles. The second kappa shape index (κ2) is 16.7. The number of anilines is 2. The van der Waals surface area contributed by atoms with Crippen LogP contribution in [0.5, 0.6) is 0 Å². The number of halogens is 2. The second-order valence-corrected chi connectivity index (χ2v) is 23.5. The maximum absolute atomic E-state index is 7.97. The van der Waals surface area contributed by atoms with Crippen molar-refractivity contribution in [2.45, 2.75) is 112 Å². The van der Waals surface area contributed by atoms with Gasteiger partial charge >= 0.3 is 299 Å². The van der Waals surface area contributed by atoms with Crippen LogP contribution < -0.4 is 9.80 Å². The SMILES string of the molecule is CCCN(CCC)Cc1ccccc1[CH]=[Ru]([Cl])([Cl])=[C]1N(c2c(C(C)C)cccc2C(C)C)CCN1c1c(C(C)C)cccc1C(C)C. The van der Waals surface area contributed by atoms with Gasteiger partial charge in [-0.15, -0.1) is 0 Å². The quantitative estimate of drug-likeness (QED) is 0.161. The van der Waals surface area contributed by atoms with Crippen molar-refractivity contribution in [3.8, 4) is 0 Å². The Labute approximate surface area is 297 Å². The molecular formula is C41H59Cl2N3Ru. The average Bonchev–Trinajstić information content (AvgIpc) is 3.47. The van der Waals surface area contributed by atoms with Gasteiger partial charge < -0.3 is 0 Å². The summed E-state index contributed by atoms with van der Waals surface area (Å²) in [5, 5.41) is 0. The minimum atomic E-state index is -3.73. The molecule has 3 nitrogen and oxygen atoms in total. The Bertz CT molecular complexity index is 1490. The van der Waals surface area contributed by atoms with E-state index in [1.807, 2.05) is 0 Å². The number of hydrogen-bond donors (Lipinski definition) is 0. The van der Waals surface area contributed by atoms with Crippen LogP contribution in [0.25, 0.3) is 0 Å². The summed E-state index contributed by atoms with van der Waals surface area (Å²) in [5.41, 5.74) is 10.5. The average molecular weight is 766 g/mol. The van der Waals surface area contributed by atoms with E-state index < -0.39 is 11.9 Å². The van der Waals surface area contributed by atoms with E-state index in [1.54, 1.807) is 0 Å². The normalized spacial score (nSPS) is 14.5. The topological polar surface area (TPSA) is 9.72 Å². The molecule has 0 radical (unpaired) electrons. The summed E-state index contributed by atoms with van der Waals surface area (Å²) < 4.78 is 3.38. The van der Waals surface area contributed by atoms with Crippen LogP contribution >= 0.6 is 19.4 Å². The van der Waals surface area contributed by atoms with Gasteiger partial charge in [-0.2, -0.15) is 0 Å². The number of rotatable bonds is 13. The van der Waals surface area contributed by atoms with Gasteiger partial charge in [0.25, 0.3) is 0 Å². The van der Waals surface area contributed by atoms with Crippen molar-refractivity contribution in [3.05, 3.63) is 94.0 Å². The van der Waals surface area contributed by atoms with Gasteiger partial charge in [-0.05, 0) is 0 Å². The Kier molecular flexibility index (Phi) is 13.5. The number of hydrogen-bond acceptors (Lipinski definition) is 3. The summed E-state index contributed by atoms with van der Waals surface area (Å²) in [6.45, 7) is 27.7. The zero-order valence-electron chi connectivity index (χ0n) is 30.6. The first-order valence-corrected chi connectivity index (χ1v) is 24.1. The van der Waals surface area contributed by atoms with Gasteiger partial charge in [-0.25, -0.2) is 0 Å². The summed E-state index contributed by atoms with van der Waals surface area (Å²) >= 11 is -3.73. The van der Waals surface area contributed by atoms with Crippen LogP contribution in [0.1, 0.15) is 139 Å².